The van der Waals surface area contributed by atoms with Gasteiger partial charge < -0.3 is 15.7 Å². The van der Waals surface area contributed by atoms with E-state index in [0.29, 0.717) is 6.54 Å². The van der Waals surface area contributed by atoms with E-state index in [0.717, 1.165) is 43.5 Å². The van der Waals surface area contributed by atoms with Gasteiger partial charge in [0.15, 0.2) is 0 Å². The number of aliphatic hydroxyl groups excluding tert-OH is 1. The van der Waals surface area contributed by atoms with Crippen LogP contribution < -0.4 is 10.6 Å². The Morgan fingerprint density at radius 3 is 2.70 bits per heavy atom. The lowest BCUT2D eigenvalue weighted by molar-refractivity contribution is -0.133. The zero-order valence-electron chi connectivity index (χ0n) is 12.1. The molecule has 20 heavy (non-hydrogen) atoms. The van der Waals surface area contributed by atoms with Gasteiger partial charge in [-0.25, -0.2) is 0 Å². The summed E-state index contributed by atoms with van der Waals surface area (Å²) >= 11 is 0. The van der Waals surface area contributed by atoms with Crippen molar-refractivity contribution < 1.29 is 9.90 Å². The third-order valence-electron chi connectivity index (χ3n) is 4.35. The van der Waals surface area contributed by atoms with Crippen LogP contribution in [0.5, 0.6) is 0 Å². The Hall–Kier alpha value is -1.39. The molecule has 1 aliphatic rings. The summed E-state index contributed by atoms with van der Waals surface area (Å²) in [7, 11) is 0. The number of piperidine rings is 1. The van der Waals surface area contributed by atoms with E-state index in [1.807, 2.05) is 24.3 Å². The molecule has 1 saturated heterocycles. The Labute approximate surface area is 120 Å². The smallest absolute Gasteiger partial charge is 0.226 e. The number of carbonyl (C=O) groups is 1. The number of nitrogens with one attached hydrogen (secondary N) is 2. The standard InChI is InChI=1S/C16H24N2O2/c1-2-16(6-8-17-9-7-16)15(20)18-11-13-4-3-5-14(10-13)12-19/h3-5,10,17,19H,2,6-9,11-12H2,1H3,(H,18,20). The first kappa shape index (κ1) is 15.0. The van der Waals surface area contributed by atoms with E-state index in [1.54, 1.807) is 0 Å². The molecule has 0 unspecified atom stereocenters. The lowest BCUT2D eigenvalue weighted by atomic mass is 9.76. The van der Waals surface area contributed by atoms with E-state index < -0.39 is 0 Å². The Bertz CT molecular complexity index is 454. The van der Waals surface area contributed by atoms with Gasteiger partial charge in [-0.3, -0.25) is 4.79 Å². The highest BCUT2D eigenvalue weighted by Gasteiger charge is 2.37. The molecule has 4 nitrogen and oxygen atoms in total. The minimum absolute atomic E-state index is 0.0341. The first-order valence-electron chi connectivity index (χ1n) is 7.38. The lowest BCUT2D eigenvalue weighted by Crippen LogP contribution is -2.47. The first-order valence-corrected chi connectivity index (χ1v) is 7.38. The molecule has 0 aromatic heterocycles. The van der Waals surface area contributed by atoms with Gasteiger partial charge in [0.25, 0.3) is 0 Å². The molecule has 0 radical (unpaired) electrons. The second kappa shape index (κ2) is 6.86. The van der Waals surface area contributed by atoms with Crippen LogP contribution in [-0.2, 0) is 17.9 Å². The van der Waals surface area contributed by atoms with Gasteiger partial charge >= 0.3 is 0 Å². The fraction of sp³-hybridized carbons (Fsp3) is 0.562. The van der Waals surface area contributed by atoms with Crippen molar-refractivity contribution in [2.24, 2.45) is 5.41 Å². The van der Waals surface area contributed by atoms with Crippen molar-refractivity contribution >= 4 is 5.91 Å². The minimum Gasteiger partial charge on any atom is -0.392 e. The Morgan fingerprint density at radius 1 is 1.35 bits per heavy atom. The van der Waals surface area contributed by atoms with Gasteiger partial charge in [-0.2, -0.15) is 0 Å². The van der Waals surface area contributed by atoms with Crippen LogP contribution in [0, 0.1) is 5.41 Å². The highest BCUT2D eigenvalue weighted by Crippen LogP contribution is 2.32. The van der Waals surface area contributed by atoms with E-state index >= 15 is 0 Å². The molecule has 0 bridgehead atoms. The Balaban J connectivity index is 1.96. The van der Waals surface area contributed by atoms with Crippen LogP contribution in [0.2, 0.25) is 0 Å². The molecule has 3 N–H and O–H groups in total. The van der Waals surface area contributed by atoms with Gasteiger partial charge in [0, 0.05) is 6.54 Å². The number of aliphatic hydroxyl groups is 1. The zero-order chi connectivity index (χ0) is 14.4. The summed E-state index contributed by atoms with van der Waals surface area (Å²) < 4.78 is 0. The van der Waals surface area contributed by atoms with Crippen LogP contribution in [0.4, 0.5) is 0 Å². The number of carbonyl (C=O) groups excluding carboxylic acids is 1. The van der Waals surface area contributed by atoms with E-state index in [-0.39, 0.29) is 17.9 Å². The molecular formula is C16H24N2O2. The topological polar surface area (TPSA) is 61.4 Å². The van der Waals surface area contributed by atoms with Gasteiger partial charge in [0.05, 0.1) is 12.0 Å². The molecule has 1 aromatic rings. The predicted octanol–water partition coefficient (Wildman–Crippen LogP) is 1.57. The van der Waals surface area contributed by atoms with Crippen molar-refractivity contribution in [3.63, 3.8) is 0 Å². The van der Waals surface area contributed by atoms with Gasteiger partial charge in [-0.1, -0.05) is 31.2 Å². The van der Waals surface area contributed by atoms with Crippen molar-refractivity contribution in [3.05, 3.63) is 35.4 Å². The monoisotopic (exact) mass is 276 g/mol. The molecule has 1 heterocycles. The third kappa shape index (κ3) is 3.38. The minimum atomic E-state index is -0.208. The molecule has 1 aromatic carbocycles. The summed E-state index contributed by atoms with van der Waals surface area (Å²) in [6.07, 6.45) is 2.70. The summed E-state index contributed by atoms with van der Waals surface area (Å²) in [5.74, 6) is 0.163. The molecule has 1 amide bonds. The fourth-order valence-corrected chi connectivity index (χ4v) is 2.85. The Morgan fingerprint density at radius 2 is 2.05 bits per heavy atom. The van der Waals surface area contributed by atoms with Crippen molar-refractivity contribution in [2.75, 3.05) is 13.1 Å². The summed E-state index contributed by atoms with van der Waals surface area (Å²) in [4.78, 5) is 12.5. The second-order valence-electron chi connectivity index (χ2n) is 5.54. The molecule has 110 valence electrons. The van der Waals surface area contributed by atoms with Crippen LogP contribution in [0.15, 0.2) is 24.3 Å². The third-order valence-corrected chi connectivity index (χ3v) is 4.35. The van der Waals surface area contributed by atoms with E-state index in [4.69, 9.17) is 5.11 Å². The molecule has 0 atom stereocenters. The highest BCUT2D eigenvalue weighted by molar-refractivity contribution is 5.82. The fourth-order valence-electron chi connectivity index (χ4n) is 2.85. The average molecular weight is 276 g/mol. The van der Waals surface area contributed by atoms with Crippen molar-refractivity contribution in [1.29, 1.82) is 0 Å². The molecule has 1 aliphatic heterocycles. The number of hydrogen-bond donors (Lipinski definition) is 3. The lowest BCUT2D eigenvalue weighted by Gasteiger charge is -2.35. The van der Waals surface area contributed by atoms with Crippen LogP contribution >= 0.6 is 0 Å². The van der Waals surface area contributed by atoms with Gasteiger partial charge in [0.2, 0.25) is 5.91 Å². The number of amides is 1. The SMILES string of the molecule is CCC1(C(=O)NCc2cccc(CO)c2)CCNCC1. The molecule has 2 rings (SSSR count). The number of rotatable bonds is 5. The number of benzene rings is 1. The number of hydrogen-bond acceptors (Lipinski definition) is 3. The van der Waals surface area contributed by atoms with Crippen molar-refractivity contribution in [3.8, 4) is 0 Å². The van der Waals surface area contributed by atoms with Crippen LogP contribution in [0.25, 0.3) is 0 Å². The maximum Gasteiger partial charge on any atom is 0.226 e. The summed E-state index contributed by atoms with van der Waals surface area (Å²) in [6.45, 7) is 4.49. The molecule has 0 spiro atoms. The molecule has 0 aliphatic carbocycles. The van der Waals surface area contributed by atoms with E-state index in [2.05, 4.69) is 17.6 Å². The van der Waals surface area contributed by atoms with Crippen LogP contribution in [0.3, 0.4) is 0 Å². The molecular weight excluding hydrogens is 252 g/mol. The van der Waals surface area contributed by atoms with Crippen molar-refractivity contribution in [1.82, 2.24) is 10.6 Å². The normalized spacial score (nSPS) is 17.7. The Kier molecular flexibility index (Phi) is 5.15. The zero-order valence-corrected chi connectivity index (χ0v) is 12.1. The summed E-state index contributed by atoms with van der Waals surface area (Å²) in [5, 5.41) is 15.5. The highest BCUT2D eigenvalue weighted by atomic mass is 16.3. The largest absolute Gasteiger partial charge is 0.392 e. The summed E-state index contributed by atoms with van der Waals surface area (Å²) in [6, 6.07) is 7.70. The molecule has 4 heteroatoms. The second-order valence-corrected chi connectivity index (χ2v) is 5.54. The average Bonchev–Trinajstić information content (AvgIpc) is 2.53. The first-order chi connectivity index (χ1) is 9.70. The maximum absolute atomic E-state index is 12.5. The van der Waals surface area contributed by atoms with E-state index in [9.17, 15) is 4.79 Å². The van der Waals surface area contributed by atoms with Gasteiger partial charge in [-0.15, -0.1) is 0 Å². The molecule has 1 fully saturated rings. The predicted molar refractivity (Wildman–Crippen MR) is 79.0 cm³/mol. The van der Waals surface area contributed by atoms with Crippen LogP contribution in [0.1, 0.15) is 37.3 Å². The molecule has 0 saturated carbocycles. The van der Waals surface area contributed by atoms with Gasteiger partial charge in [-0.05, 0) is 43.5 Å². The maximum atomic E-state index is 12.5. The summed E-state index contributed by atoms with van der Waals surface area (Å²) in [5.41, 5.74) is 1.70. The van der Waals surface area contributed by atoms with Gasteiger partial charge in [0.1, 0.15) is 0 Å². The van der Waals surface area contributed by atoms with E-state index in [1.165, 1.54) is 0 Å². The quantitative estimate of drug-likeness (QED) is 0.765. The van der Waals surface area contributed by atoms with Crippen LogP contribution in [-0.4, -0.2) is 24.1 Å². The van der Waals surface area contributed by atoms with Crippen molar-refractivity contribution in [2.45, 2.75) is 39.3 Å².